The lowest BCUT2D eigenvalue weighted by Crippen LogP contribution is -2.36. The van der Waals surface area contributed by atoms with Crippen LogP contribution >= 0.6 is 23.2 Å². The van der Waals surface area contributed by atoms with E-state index >= 15 is 0 Å². The van der Waals surface area contributed by atoms with Crippen molar-refractivity contribution >= 4 is 29.3 Å². The first kappa shape index (κ1) is 20.9. The second-order valence-electron chi connectivity index (χ2n) is 6.79. The maximum Gasteiger partial charge on any atom is 0.410 e. The summed E-state index contributed by atoms with van der Waals surface area (Å²) in [6.45, 7) is 8.18. The van der Waals surface area contributed by atoms with Crippen LogP contribution in [0.2, 0.25) is 10.0 Å². The molecule has 0 spiro atoms. The third kappa shape index (κ3) is 7.63. The summed E-state index contributed by atoms with van der Waals surface area (Å²) in [6.07, 6.45) is 2.14. The van der Waals surface area contributed by atoms with Gasteiger partial charge in [-0.3, -0.25) is 0 Å². The van der Waals surface area contributed by atoms with Crippen molar-refractivity contribution in [1.29, 1.82) is 0 Å². The number of nitrogens with zero attached hydrogens (tertiary/aromatic N) is 1. The lowest BCUT2D eigenvalue weighted by atomic mass is 10.1. The van der Waals surface area contributed by atoms with Gasteiger partial charge in [-0.2, -0.15) is 0 Å². The van der Waals surface area contributed by atoms with Crippen molar-refractivity contribution in [2.75, 3.05) is 13.6 Å². The van der Waals surface area contributed by atoms with E-state index in [9.17, 15) is 4.79 Å². The van der Waals surface area contributed by atoms with Crippen molar-refractivity contribution in [1.82, 2.24) is 4.90 Å². The van der Waals surface area contributed by atoms with Crippen molar-refractivity contribution in [3.05, 3.63) is 28.2 Å². The number of hydrogen-bond acceptors (Lipinski definition) is 3. The molecule has 0 aromatic heterocycles. The summed E-state index contributed by atoms with van der Waals surface area (Å²) in [6, 6.07) is 5.15. The summed E-state index contributed by atoms with van der Waals surface area (Å²) < 4.78 is 11.4. The van der Waals surface area contributed by atoms with Crippen LogP contribution in [0.4, 0.5) is 4.79 Å². The molecule has 1 amide bonds. The van der Waals surface area contributed by atoms with Crippen molar-refractivity contribution in [2.45, 2.75) is 58.7 Å². The van der Waals surface area contributed by atoms with E-state index in [2.05, 4.69) is 6.92 Å². The Morgan fingerprint density at radius 2 is 1.92 bits per heavy atom. The Morgan fingerprint density at radius 3 is 2.50 bits per heavy atom. The molecule has 0 aliphatic heterocycles. The molecule has 0 aliphatic carbocycles. The van der Waals surface area contributed by atoms with E-state index < -0.39 is 5.60 Å². The highest BCUT2D eigenvalue weighted by Gasteiger charge is 2.21. The highest BCUT2D eigenvalue weighted by molar-refractivity contribution is 6.34. The van der Waals surface area contributed by atoms with Gasteiger partial charge in [0.2, 0.25) is 0 Å². The molecule has 0 bridgehead atoms. The fraction of sp³-hybridized carbons (Fsp3) is 0.611. The third-order valence-corrected chi connectivity index (χ3v) is 3.84. The first-order valence-corrected chi connectivity index (χ1v) is 8.93. The highest BCUT2D eigenvalue weighted by atomic mass is 35.5. The molecule has 0 heterocycles. The smallest absolute Gasteiger partial charge is 0.410 e. The molecule has 0 saturated heterocycles. The van der Waals surface area contributed by atoms with Gasteiger partial charge in [0, 0.05) is 31.1 Å². The molecule has 1 rings (SSSR count). The Morgan fingerprint density at radius 1 is 1.25 bits per heavy atom. The number of amides is 1. The first-order chi connectivity index (χ1) is 11.1. The van der Waals surface area contributed by atoms with Crippen LogP contribution in [-0.4, -0.2) is 36.3 Å². The predicted molar refractivity (Wildman–Crippen MR) is 99.3 cm³/mol. The quantitative estimate of drug-likeness (QED) is 0.604. The highest BCUT2D eigenvalue weighted by Crippen LogP contribution is 2.29. The van der Waals surface area contributed by atoms with Gasteiger partial charge in [0.25, 0.3) is 0 Å². The topological polar surface area (TPSA) is 38.8 Å². The Kier molecular flexibility index (Phi) is 8.17. The summed E-state index contributed by atoms with van der Waals surface area (Å²) in [5.41, 5.74) is -0.501. The molecule has 1 atom stereocenters. The number of benzene rings is 1. The number of rotatable bonds is 7. The zero-order valence-electron chi connectivity index (χ0n) is 15.1. The molecule has 1 aromatic carbocycles. The Bertz CT molecular complexity index is 544. The molecule has 136 valence electrons. The molecule has 4 nitrogen and oxygen atoms in total. The van der Waals surface area contributed by atoms with Crippen LogP contribution < -0.4 is 4.74 Å². The van der Waals surface area contributed by atoms with Gasteiger partial charge in [-0.25, -0.2) is 4.79 Å². The molecule has 0 fully saturated rings. The molecular formula is C18H27Cl2NO3. The minimum atomic E-state index is -0.501. The van der Waals surface area contributed by atoms with Crippen LogP contribution in [0, 0.1) is 0 Å². The summed E-state index contributed by atoms with van der Waals surface area (Å²) >= 11 is 12.2. The number of hydrogen-bond donors (Lipinski definition) is 0. The van der Waals surface area contributed by atoms with Crippen LogP contribution in [0.3, 0.4) is 0 Å². The molecule has 0 saturated carbocycles. The van der Waals surface area contributed by atoms with Gasteiger partial charge in [0.05, 0.1) is 5.02 Å². The van der Waals surface area contributed by atoms with E-state index in [4.69, 9.17) is 32.7 Å². The summed E-state index contributed by atoms with van der Waals surface area (Å²) in [5.74, 6) is 0.572. The van der Waals surface area contributed by atoms with Crippen LogP contribution in [-0.2, 0) is 4.74 Å². The number of ether oxygens (including phenoxy) is 2. The number of carbonyl (C=O) groups excluding carboxylic acids is 1. The van der Waals surface area contributed by atoms with Crippen LogP contribution in [0.1, 0.15) is 47.0 Å². The van der Waals surface area contributed by atoms with Crippen molar-refractivity contribution in [2.24, 2.45) is 0 Å². The maximum absolute atomic E-state index is 12.0. The van der Waals surface area contributed by atoms with E-state index in [1.165, 1.54) is 0 Å². The Labute approximate surface area is 155 Å². The minimum absolute atomic E-state index is 0.0455. The zero-order chi connectivity index (χ0) is 18.3. The maximum atomic E-state index is 12.0. The van der Waals surface area contributed by atoms with Crippen LogP contribution in [0.5, 0.6) is 5.75 Å². The lowest BCUT2D eigenvalue weighted by Gasteiger charge is -2.26. The third-order valence-electron chi connectivity index (χ3n) is 3.29. The number of halogens is 2. The largest absolute Gasteiger partial charge is 0.489 e. The van der Waals surface area contributed by atoms with E-state index in [1.54, 1.807) is 30.1 Å². The van der Waals surface area contributed by atoms with E-state index in [1.807, 2.05) is 20.8 Å². The molecule has 1 unspecified atom stereocenters. The first-order valence-electron chi connectivity index (χ1n) is 8.18. The van der Waals surface area contributed by atoms with E-state index in [0.29, 0.717) is 28.8 Å². The van der Waals surface area contributed by atoms with Gasteiger partial charge >= 0.3 is 6.09 Å². The monoisotopic (exact) mass is 375 g/mol. The molecule has 1 aromatic rings. The van der Waals surface area contributed by atoms with Gasteiger partial charge in [-0.15, -0.1) is 0 Å². The molecule has 0 N–H and O–H groups in total. The normalized spacial score (nSPS) is 12.6. The van der Waals surface area contributed by atoms with Gasteiger partial charge in [0.15, 0.2) is 0 Å². The van der Waals surface area contributed by atoms with E-state index in [0.717, 1.165) is 12.8 Å². The molecule has 0 radical (unpaired) electrons. The van der Waals surface area contributed by atoms with Crippen molar-refractivity contribution in [3.63, 3.8) is 0 Å². The summed E-state index contributed by atoms with van der Waals surface area (Å²) in [4.78, 5) is 13.6. The average Bonchev–Trinajstić information content (AvgIpc) is 2.46. The fourth-order valence-electron chi connectivity index (χ4n) is 2.10. The summed E-state index contributed by atoms with van der Waals surface area (Å²) in [5, 5.41) is 1.11. The molecule has 24 heavy (non-hydrogen) atoms. The van der Waals surface area contributed by atoms with Gasteiger partial charge < -0.3 is 14.4 Å². The second-order valence-corrected chi connectivity index (χ2v) is 7.64. The summed E-state index contributed by atoms with van der Waals surface area (Å²) in [7, 11) is 1.73. The van der Waals surface area contributed by atoms with Crippen LogP contribution in [0.25, 0.3) is 0 Å². The van der Waals surface area contributed by atoms with Crippen molar-refractivity contribution in [3.8, 4) is 5.75 Å². The molecule has 6 heteroatoms. The SMILES string of the molecule is CCCC(CCN(C)C(=O)OC(C)(C)C)Oc1cc(Cl)ccc1Cl. The average molecular weight is 376 g/mol. The fourth-order valence-corrected chi connectivity index (χ4v) is 2.42. The van der Waals surface area contributed by atoms with Gasteiger partial charge in [-0.1, -0.05) is 36.5 Å². The standard InChI is InChI=1S/C18H27Cl2NO3/c1-6-7-14(23-16-12-13(19)8-9-15(16)20)10-11-21(5)17(22)24-18(2,3)4/h8-9,12,14H,6-7,10-11H2,1-5H3. The van der Waals surface area contributed by atoms with Gasteiger partial charge in [0.1, 0.15) is 17.5 Å². The van der Waals surface area contributed by atoms with Gasteiger partial charge in [-0.05, 0) is 39.3 Å². The zero-order valence-corrected chi connectivity index (χ0v) is 16.6. The van der Waals surface area contributed by atoms with E-state index in [-0.39, 0.29) is 12.2 Å². The predicted octanol–water partition coefficient (Wildman–Crippen LogP) is 5.80. The molecular weight excluding hydrogens is 349 g/mol. The number of carbonyl (C=O) groups is 1. The molecule has 0 aliphatic rings. The minimum Gasteiger partial charge on any atom is -0.489 e. The van der Waals surface area contributed by atoms with Crippen molar-refractivity contribution < 1.29 is 14.3 Å². The van der Waals surface area contributed by atoms with Crippen LogP contribution in [0.15, 0.2) is 18.2 Å². The Balaban J connectivity index is 2.63. The lowest BCUT2D eigenvalue weighted by molar-refractivity contribution is 0.0277. The second kappa shape index (κ2) is 9.38. The Hall–Kier alpha value is -1.13.